The first kappa shape index (κ1) is 11.0. The van der Waals surface area contributed by atoms with Gasteiger partial charge < -0.3 is 5.11 Å². The third kappa shape index (κ3) is 3.28. The summed E-state index contributed by atoms with van der Waals surface area (Å²) in [7, 11) is 0. The zero-order valence-electron chi connectivity index (χ0n) is 8.40. The van der Waals surface area contributed by atoms with Crippen molar-refractivity contribution in [3.63, 3.8) is 0 Å². The number of carboxylic acid groups (broad SMARTS) is 1. The van der Waals surface area contributed by atoms with Gasteiger partial charge in [-0.1, -0.05) is 18.2 Å². The molecule has 1 aromatic carbocycles. The van der Waals surface area contributed by atoms with Gasteiger partial charge in [0.1, 0.15) is 0 Å². The van der Waals surface area contributed by atoms with Crippen LogP contribution in [0.1, 0.15) is 24.5 Å². The summed E-state index contributed by atoms with van der Waals surface area (Å²) in [6.45, 7) is 1.85. The average molecular weight is 201 g/mol. The summed E-state index contributed by atoms with van der Waals surface area (Å²) in [5.41, 5.74) is 2.45. The van der Waals surface area contributed by atoms with Crippen LogP contribution in [-0.2, 0) is 4.79 Å². The summed E-state index contributed by atoms with van der Waals surface area (Å²) < 4.78 is 0. The maximum Gasteiger partial charge on any atom is 0.307 e. The van der Waals surface area contributed by atoms with Crippen LogP contribution < -0.4 is 0 Å². The molecule has 1 rings (SSSR count). The highest BCUT2D eigenvalue weighted by Gasteiger charge is 1.98. The van der Waals surface area contributed by atoms with Gasteiger partial charge in [0.2, 0.25) is 0 Å². The number of nitrogens with zero attached hydrogens (tertiary/aromatic N) is 1. The smallest absolute Gasteiger partial charge is 0.307 e. The summed E-state index contributed by atoms with van der Waals surface area (Å²) >= 11 is 0. The Hall–Kier alpha value is -2.08. The molecule has 0 radical (unpaired) electrons. The molecule has 0 aliphatic heterocycles. The summed E-state index contributed by atoms with van der Waals surface area (Å²) in [5, 5.41) is 17.1. The third-order valence-electron chi connectivity index (χ3n) is 2.05. The van der Waals surface area contributed by atoms with E-state index in [2.05, 4.69) is 0 Å². The highest BCUT2D eigenvalue weighted by molar-refractivity contribution is 5.73. The van der Waals surface area contributed by atoms with Crippen LogP contribution >= 0.6 is 0 Å². The van der Waals surface area contributed by atoms with Gasteiger partial charge in [-0.25, -0.2) is 0 Å². The standard InChI is InChI=1S/C12H11NO2/c1-9(2-7-12(14)15)11-5-3-10(8-13)4-6-11/h2-6H,7H2,1H3,(H,14,15)/b9-2+. The monoisotopic (exact) mass is 201 g/mol. The molecule has 3 heteroatoms. The number of benzene rings is 1. The van der Waals surface area contributed by atoms with E-state index < -0.39 is 5.97 Å². The maximum atomic E-state index is 10.3. The molecule has 0 aromatic heterocycles. The number of aliphatic carboxylic acids is 1. The lowest BCUT2D eigenvalue weighted by Crippen LogP contribution is -1.91. The molecule has 0 fully saturated rings. The van der Waals surface area contributed by atoms with Crippen LogP contribution in [0.5, 0.6) is 0 Å². The fourth-order valence-corrected chi connectivity index (χ4v) is 1.17. The van der Waals surface area contributed by atoms with Crippen molar-refractivity contribution in [2.45, 2.75) is 13.3 Å². The lowest BCUT2D eigenvalue weighted by atomic mass is 10.0. The van der Waals surface area contributed by atoms with Gasteiger partial charge in [-0.2, -0.15) is 5.26 Å². The van der Waals surface area contributed by atoms with Gasteiger partial charge in [-0.3, -0.25) is 4.79 Å². The Morgan fingerprint density at radius 2 is 2.07 bits per heavy atom. The second-order valence-electron chi connectivity index (χ2n) is 3.17. The molecule has 0 saturated heterocycles. The Bertz CT molecular complexity index is 424. The second kappa shape index (κ2) is 4.97. The zero-order chi connectivity index (χ0) is 11.3. The van der Waals surface area contributed by atoms with Crippen LogP contribution in [0.3, 0.4) is 0 Å². The van der Waals surface area contributed by atoms with Crippen molar-refractivity contribution in [3.05, 3.63) is 41.5 Å². The third-order valence-corrected chi connectivity index (χ3v) is 2.05. The SMILES string of the molecule is C/C(=C\CC(=O)O)c1ccc(C#N)cc1. The van der Waals surface area contributed by atoms with Gasteiger partial charge in [0, 0.05) is 0 Å². The van der Waals surface area contributed by atoms with Gasteiger partial charge in [-0.15, -0.1) is 0 Å². The fraction of sp³-hybridized carbons (Fsp3) is 0.167. The molecule has 1 N–H and O–H groups in total. The molecule has 0 aliphatic rings. The van der Waals surface area contributed by atoms with E-state index in [1.54, 1.807) is 18.2 Å². The minimum Gasteiger partial charge on any atom is -0.481 e. The predicted molar refractivity (Wildman–Crippen MR) is 57.1 cm³/mol. The first-order valence-corrected chi connectivity index (χ1v) is 4.52. The van der Waals surface area contributed by atoms with E-state index in [1.807, 2.05) is 25.1 Å². The van der Waals surface area contributed by atoms with Gasteiger partial charge in [0.05, 0.1) is 18.1 Å². The van der Waals surface area contributed by atoms with Gasteiger partial charge in [0.15, 0.2) is 0 Å². The molecule has 0 bridgehead atoms. The van der Waals surface area contributed by atoms with E-state index in [1.165, 1.54) is 0 Å². The normalized spacial score (nSPS) is 10.8. The summed E-state index contributed by atoms with van der Waals surface area (Å²) in [4.78, 5) is 10.3. The number of carboxylic acids is 1. The fourth-order valence-electron chi connectivity index (χ4n) is 1.17. The highest BCUT2D eigenvalue weighted by atomic mass is 16.4. The van der Waals surface area contributed by atoms with E-state index in [0.717, 1.165) is 11.1 Å². The molecule has 0 amide bonds. The van der Waals surface area contributed by atoms with Crippen LogP contribution in [-0.4, -0.2) is 11.1 Å². The molecule has 0 atom stereocenters. The quantitative estimate of drug-likeness (QED) is 0.816. The number of rotatable bonds is 3. The molecule has 1 aromatic rings. The molecule has 3 nitrogen and oxygen atoms in total. The van der Waals surface area contributed by atoms with E-state index >= 15 is 0 Å². The van der Waals surface area contributed by atoms with Gasteiger partial charge in [-0.05, 0) is 30.2 Å². The van der Waals surface area contributed by atoms with Crippen LogP contribution in [0.4, 0.5) is 0 Å². The van der Waals surface area contributed by atoms with E-state index in [4.69, 9.17) is 10.4 Å². The topological polar surface area (TPSA) is 61.1 Å². The van der Waals surface area contributed by atoms with Crippen LogP contribution in [0.25, 0.3) is 5.57 Å². The van der Waals surface area contributed by atoms with E-state index in [0.29, 0.717) is 5.56 Å². The van der Waals surface area contributed by atoms with Crippen molar-refractivity contribution in [1.29, 1.82) is 5.26 Å². The highest BCUT2D eigenvalue weighted by Crippen LogP contribution is 2.14. The predicted octanol–water partition coefficient (Wildman–Crippen LogP) is 2.44. The molecule has 0 unspecified atom stereocenters. The first-order valence-electron chi connectivity index (χ1n) is 4.52. The van der Waals surface area contributed by atoms with Crippen molar-refractivity contribution >= 4 is 11.5 Å². The lowest BCUT2D eigenvalue weighted by molar-refractivity contribution is -0.135. The summed E-state index contributed by atoms with van der Waals surface area (Å²) in [6.07, 6.45) is 1.68. The number of nitriles is 1. The Kier molecular flexibility index (Phi) is 3.64. The van der Waals surface area contributed by atoms with Crippen LogP contribution in [0, 0.1) is 11.3 Å². The molecule has 0 spiro atoms. The molecular formula is C12H11NO2. The van der Waals surface area contributed by atoms with Crippen molar-refractivity contribution in [2.24, 2.45) is 0 Å². The minimum absolute atomic E-state index is 0.0197. The van der Waals surface area contributed by atoms with Crippen molar-refractivity contribution in [2.75, 3.05) is 0 Å². The minimum atomic E-state index is -0.844. The zero-order valence-corrected chi connectivity index (χ0v) is 8.40. The summed E-state index contributed by atoms with van der Waals surface area (Å²) in [6, 6.07) is 9.08. The lowest BCUT2D eigenvalue weighted by Gasteiger charge is -2.00. The largest absolute Gasteiger partial charge is 0.481 e. The van der Waals surface area contributed by atoms with Crippen LogP contribution in [0.2, 0.25) is 0 Å². The Balaban J connectivity index is 2.83. The van der Waals surface area contributed by atoms with Crippen molar-refractivity contribution in [3.8, 4) is 6.07 Å². The first-order chi connectivity index (χ1) is 7.13. The Morgan fingerprint density at radius 3 is 2.53 bits per heavy atom. The van der Waals surface area contributed by atoms with Gasteiger partial charge in [0.25, 0.3) is 0 Å². The van der Waals surface area contributed by atoms with E-state index in [9.17, 15) is 4.79 Å². The average Bonchev–Trinajstić information content (AvgIpc) is 2.26. The van der Waals surface area contributed by atoms with Gasteiger partial charge >= 0.3 is 5.97 Å². The molecule has 15 heavy (non-hydrogen) atoms. The van der Waals surface area contributed by atoms with Crippen LogP contribution in [0.15, 0.2) is 30.3 Å². The second-order valence-corrected chi connectivity index (χ2v) is 3.17. The van der Waals surface area contributed by atoms with Crippen molar-refractivity contribution in [1.82, 2.24) is 0 Å². The Labute approximate surface area is 88.3 Å². The number of carbonyl (C=O) groups is 1. The Morgan fingerprint density at radius 1 is 1.47 bits per heavy atom. The molecule has 0 saturated carbocycles. The molecular weight excluding hydrogens is 190 g/mol. The van der Waals surface area contributed by atoms with E-state index in [-0.39, 0.29) is 6.42 Å². The maximum absolute atomic E-state index is 10.3. The molecule has 0 heterocycles. The number of hydrogen-bond donors (Lipinski definition) is 1. The van der Waals surface area contributed by atoms with Crippen molar-refractivity contribution < 1.29 is 9.90 Å². The molecule has 0 aliphatic carbocycles. The number of allylic oxidation sites excluding steroid dienone is 1. The molecule has 76 valence electrons. The number of hydrogen-bond acceptors (Lipinski definition) is 2. The summed E-state index contributed by atoms with van der Waals surface area (Å²) in [5.74, 6) is -0.844.